The van der Waals surface area contributed by atoms with Gasteiger partial charge in [0.25, 0.3) is 5.91 Å². The predicted molar refractivity (Wildman–Crippen MR) is 106 cm³/mol. The average Bonchev–Trinajstić information content (AvgIpc) is 2.92. The maximum atomic E-state index is 12.7. The van der Waals surface area contributed by atoms with E-state index < -0.39 is 0 Å². The van der Waals surface area contributed by atoms with Crippen LogP contribution >= 0.6 is 11.3 Å². The van der Waals surface area contributed by atoms with Crippen molar-refractivity contribution < 1.29 is 9.59 Å². The van der Waals surface area contributed by atoms with Gasteiger partial charge in [0.2, 0.25) is 5.91 Å². The molecule has 144 valence electrons. The number of amides is 2. The van der Waals surface area contributed by atoms with Crippen molar-refractivity contribution in [3.05, 3.63) is 21.4 Å². The minimum absolute atomic E-state index is 0.136. The second-order valence-corrected chi connectivity index (χ2v) is 9.60. The van der Waals surface area contributed by atoms with Gasteiger partial charge in [0.05, 0.1) is 12.1 Å². The highest BCUT2D eigenvalue weighted by Gasteiger charge is 2.29. The Kier molecular flexibility index (Phi) is 6.03. The summed E-state index contributed by atoms with van der Waals surface area (Å²) >= 11 is 1.68. The van der Waals surface area contributed by atoms with Gasteiger partial charge in [-0.3, -0.25) is 14.5 Å². The van der Waals surface area contributed by atoms with Gasteiger partial charge in [-0.1, -0.05) is 13.8 Å². The number of carbonyl (C=O) groups excluding carboxylic acids is 2. The molecular formula is C20H31N3O2S. The van der Waals surface area contributed by atoms with Gasteiger partial charge in [0.1, 0.15) is 0 Å². The number of rotatable bonds is 3. The molecule has 2 aliphatic heterocycles. The van der Waals surface area contributed by atoms with E-state index in [2.05, 4.69) is 18.7 Å². The first-order chi connectivity index (χ1) is 12.3. The Morgan fingerprint density at radius 3 is 2.19 bits per heavy atom. The Labute approximate surface area is 161 Å². The average molecular weight is 378 g/mol. The molecule has 26 heavy (non-hydrogen) atoms. The SMILES string of the molecule is Cc1cc(C(=O)N2CCN(CC(=O)N3CC(C)CC(C)C3)CC2)c(C)s1. The number of piperidine rings is 1. The van der Waals surface area contributed by atoms with Gasteiger partial charge in [-0.05, 0) is 38.2 Å². The molecule has 0 aliphatic carbocycles. The second kappa shape index (κ2) is 8.09. The second-order valence-electron chi connectivity index (χ2n) is 8.14. The van der Waals surface area contributed by atoms with Crippen LogP contribution < -0.4 is 0 Å². The zero-order chi connectivity index (χ0) is 18.8. The van der Waals surface area contributed by atoms with Gasteiger partial charge < -0.3 is 9.80 Å². The van der Waals surface area contributed by atoms with Crippen LogP contribution in [0.2, 0.25) is 0 Å². The maximum Gasteiger partial charge on any atom is 0.255 e. The van der Waals surface area contributed by atoms with Crippen LogP contribution in [-0.4, -0.2) is 72.3 Å². The van der Waals surface area contributed by atoms with Crippen molar-refractivity contribution in [3.8, 4) is 0 Å². The lowest BCUT2D eigenvalue weighted by Gasteiger charge is -2.38. The number of thiophene rings is 1. The summed E-state index contributed by atoms with van der Waals surface area (Å²) in [5.74, 6) is 1.56. The van der Waals surface area contributed by atoms with Gasteiger partial charge in [0.15, 0.2) is 0 Å². The van der Waals surface area contributed by atoms with Crippen molar-refractivity contribution in [2.45, 2.75) is 34.1 Å². The van der Waals surface area contributed by atoms with Gasteiger partial charge in [-0.25, -0.2) is 0 Å². The Balaban J connectivity index is 1.50. The first-order valence-electron chi connectivity index (χ1n) is 9.70. The molecule has 0 saturated carbocycles. The third-order valence-electron chi connectivity index (χ3n) is 5.51. The summed E-state index contributed by atoms with van der Waals surface area (Å²) in [6.45, 7) is 13.7. The fourth-order valence-corrected chi connectivity index (χ4v) is 5.20. The van der Waals surface area contributed by atoms with Crippen LogP contribution in [0, 0.1) is 25.7 Å². The first kappa shape index (κ1) is 19.4. The van der Waals surface area contributed by atoms with Gasteiger partial charge in [0, 0.05) is 49.0 Å². The van der Waals surface area contributed by atoms with Crippen LogP contribution in [0.15, 0.2) is 6.07 Å². The van der Waals surface area contributed by atoms with E-state index in [0.717, 1.165) is 36.6 Å². The Hall–Kier alpha value is -1.40. The van der Waals surface area contributed by atoms with E-state index in [0.29, 0.717) is 31.5 Å². The monoisotopic (exact) mass is 377 g/mol. The summed E-state index contributed by atoms with van der Waals surface area (Å²) in [6.07, 6.45) is 1.21. The van der Waals surface area contributed by atoms with E-state index in [1.807, 2.05) is 29.7 Å². The zero-order valence-electron chi connectivity index (χ0n) is 16.5. The molecule has 0 aromatic carbocycles. The number of aryl methyl sites for hydroxylation is 2. The van der Waals surface area contributed by atoms with E-state index in [4.69, 9.17) is 0 Å². The van der Waals surface area contributed by atoms with Crippen LogP contribution in [-0.2, 0) is 4.79 Å². The third kappa shape index (κ3) is 4.46. The van der Waals surface area contributed by atoms with Crippen LogP contribution in [0.5, 0.6) is 0 Å². The number of carbonyl (C=O) groups is 2. The number of hydrogen-bond donors (Lipinski definition) is 0. The summed E-state index contributed by atoms with van der Waals surface area (Å²) in [5.41, 5.74) is 0.841. The van der Waals surface area contributed by atoms with Crippen molar-refractivity contribution in [3.63, 3.8) is 0 Å². The molecule has 0 N–H and O–H groups in total. The molecule has 5 nitrogen and oxygen atoms in total. The molecule has 6 heteroatoms. The lowest BCUT2D eigenvalue weighted by molar-refractivity contribution is -0.135. The quantitative estimate of drug-likeness (QED) is 0.813. The normalized spacial score (nSPS) is 24.8. The molecular weight excluding hydrogens is 346 g/mol. The maximum absolute atomic E-state index is 12.7. The summed E-state index contributed by atoms with van der Waals surface area (Å²) in [4.78, 5) is 33.8. The summed E-state index contributed by atoms with van der Waals surface area (Å²) < 4.78 is 0. The standard InChI is InChI=1S/C20H31N3O2S/c1-14-9-15(2)12-23(11-14)19(24)13-21-5-7-22(8-6-21)20(25)18-10-16(3)26-17(18)4/h10,14-15H,5-9,11-13H2,1-4H3. The van der Waals surface area contributed by atoms with Crippen molar-refractivity contribution in [2.75, 3.05) is 45.8 Å². The van der Waals surface area contributed by atoms with Crippen molar-refractivity contribution >= 4 is 23.2 Å². The van der Waals surface area contributed by atoms with E-state index >= 15 is 0 Å². The first-order valence-corrected chi connectivity index (χ1v) is 10.5. The molecule has 2 atom stereocenters. The molecule has 2 saturated heterocycles. The number of likely N-dealkylation sites (tertiary alicyclic amines) is 1. The Bertz CT molecular complexity index is 654. The number of hydrogen-bond acceptors (Lipinski definition) is 4. The predicted octanol–water partition coefficient (Wildman–Crippen LogP) is 2.63. The number of piperazine rings is 1. The fraction of sp³-hybridized carbons (Fsp3) is 0.700. The smallest absolute Gasteiger partial charge is 0.255 e. The molecule has 2 amide bonds. The summed E-state index contributed by atoms with van der Waals surface area (Å²) in [6, 6.07) is 2.00. The molecule has 3 heterocycles. The molecule has 2 fully saturated rings. The van der Waals surface area contributed by atoms with Crippen LogP contribution in [0.4, 0.5) is 0 Å². The Morgan fingerprint density at radius 1 is 1.04 bits per heavy atom. The van der Waals surface area contributed by atoms with Gasteiger partial charge in [-0.15, -0.1) is 11.3 Å². The number of nitrogens with zero attached hydrogens (tertiary/aromatic N) is 3. The van der Waals surface area contributed by atoms with E-state index in [9.17, 15) is 9.59 Å². The van der Waals surface area contributed by atoms with Crippen molar-refractivity contribution in [2.24, 2.45) is 11.8 Å². The lowest BCUT2D eigenvalue weighted by Crippen LogP contribution is -2.53. The molecule has 3 rings (SSSR count). The minimum Gasteiger partial charge on any atom is -0.341 e. The minimum atomic E-state index is 0.136. The summed E-state index contributed by atoms with van der Waals surface area (Å²) in [7, 11) is 0. The molecule has 2 aliphatic rings. The molecule has 0 radical (unpaired) electrons. The molecule has 0 bridgehead atoms. The van der Waals surface area contributed by atoms with E-state index in [-0.39, 0.29) is 11.8 Å². The fourth-order valence-electron chi connectivity index (χ4n) is 4.28. The van der Waals surface area contributed by atoms with Crippen LogP contribution in [0.1, 0.15) is 40.4 Å². The zero-order valence-corrected chi connectivity index (χ0v) is 17.3. The highest BCUT2D eigenvalue weighted by Crippen LogP contribution is 2.23. The van der Waals surface area contributed by atoms with Crippen molar-refractivity contribution in [1.29, 1.82) is 0 Å². The summed E-state index contributed by atoms with van der Waals surface area (Å²) in [5, 5.41) is 0. The van der Waals surface area contributed by atoms with Gasteiger partial charge >= 0.3 is 0 Å². The topological polar surface area (TPSA) is 43.9 Å². The van der Waals surface area contributed by atoms with Crippen LogP contribution in [0.3, 0.4) is 0 Å². The van der Waals surface area contributed by atoms with Gasteiger partial charge in [-0.2, -0.15) is 0 Å². The highest BCUT2D eigenvalue weighted by molar-refractivity contribution is 7.12. The van der Waals surface area contributed by atoms with E-state index in [1.54, 1.807) is 11.3 Å². The van der Waals surface area contributed by atoms with Crippen molar-refractivity contribution in [1.82, 2.24) is 14.7 Å². The largest absolute Gasteiger partial charge is 0.341 e. The molecule has 1 aromatic heterocycles. The molecule has 1 aromatic rings. The highest BCUT2D eigenvalue weighted by atomic mass is 32.1. The Morgan fingerprint density at radius 2 is 1.65 bits per heavy atom. The molecule has 2 unspecified atom stereocenters. The lowest BCUT2D eigenvalue weighted by atomic mass is 9.92. The van der Waals surface area contributed by atoms with Crippen LogP contribution in [0.25, 0.3) is 0 Å². The third-order valence-corrected chi connectivity index (χ3v) is 6.48. The molecule has 0 spiro atoms. The van der Waals surface area contributed by atoms with E-state index in [1.165, 1.54) is 11.3 Å².